The van der Waals surface area contributed by atoms with E-state index in [1.807, 2.05) is 13.8 Å². The number of nitrogens with zero attached hydrogens (tertiary/aromatic N) is 2. The van der Waals surface area contributed by atoms with Crippen molar-refractivity contribution in [2.45, 2.75) is 20.3 Å². The van der Waals surface area contributed by atoms with E-state index < -0.39 is 4.92 Å². The number of nitrogens with one attached hydrogen (secondary N) is 1. The molecule has 1 aromatic rings. The number of nitro groups is 1. The first-order valence-corrected chi connectivity index (χ1v) is 6.97. The van der Waals surface area contributed by atoms with Crippen molar-refractivity contribution < 1.29 is 14.8 Å². The standard InChI is InChI=1S/C14H21N3O4/c1-3-7-16(8-9-18)14(19)12-10-11(17(20)21)5-6-13(12)15-4-2/h5-6,10,15,18H,3-4,7-9H2,1-2H3. The van der Waals surface area contributed by atoms with Gasteiger partial charge in [0.15, 0.2) is 0 Å². The van der Waals surface area contributed by atoms with Crippen LogP contribution in [0.15, 0.2) is 18.2 Å². The fraction of sp³-hybridized carbons (Fsp3) is 0.500. The molecule has 0 bridgehead atoms. The van der Waals surface area contributed by atoms with E-state index in [-0.39, 0.29) is 30.3 Å². The molecule has 0 saturated carbocycles. The lowest BCUT2D eigenvalue weighted by atomic mass is 10.1. The Bertz CT molecular complexity index is 499. The van der Waals surface area contributed by atoms with E-state index in [1.165, 1.54) is 23.1 Å². The highest BCUT2D eigenvalue weighted by atomic mass is 16.6. The van der Waals surface area contributed by atoms with Crippen LogP contribution in [0.4, 0.5) is 11.4 Å². The van der Waals surface area contributed by atoms with Gasteiger partial charge in [0, 0.05) is 37.5 Å². The molecule has 0 aliphatic carbocycles. The molecule has 0 aliphatic rings. The van der Waals surface area contributed by atoms with Crippen LogP contribution in [0, 0.1) is 10.1 Å². The van der Waals surface area contributed by atoms with Crippen LogP contribution in [-0.4, -0.2) is 47.1 Å². The summed E-state index contributed by atoms with van der Waals surface area (Å²) in [4.78, 5) is 24.4. The van der Waals surface area contributed by atoms with Gasteiger partial charge < -0.3 is 15.3 Å². The van der Waals surface area contributed by atoms with Crippen molar-refractivity contribution >= 4 is 17.3 Å². The number of benzene rings is 1. The second kappa shape index (κ2) is 8.21. The topological polar surface area (TPSA) is 95.7 Å². The summed E-state index contributed by atoms with van der Waals surface area (Å²) in [5.74, 6) is -0.314. The molecular weight excluding hydrogens is 274 g/mol. The molecule has 0 unspecified atom stereocenters. The molecule has 1 rings (SSSR count). The zero-order valence-corrected chi connectivity index (χ0v) is 12.3. The number of rotatable bonds is 8. The Labute approximate surface area is 123 Å². The minimum Gasteiger partial charge on any atom is -0.395 e. The number of hydrogen-bond donors (Lipinski definition) is 2. The highest BCUT2D eigenvalue weighted by molar-refractivity contribution is 6.00. The molecule has 0 atom stereocenters. The Morgan fingerprint density at radius 2 is 2.10 bits per heavy atom. The minimum absolute atomic E-state index is 0.125. The molecule has 1 aromatic carbocycles. The van der Waals surface area contributed by atoms with Gasteiger partial charge in [0.2, 0.25) is 0 Å². The third-order valence-electron chi connectivity index (χ3n) is 2.96. The van der Waals surface area contributed by atoms with Gasteiger partial charge in [-0.05, 0) is 19.4 Å². The van der Waals surface area contributed by atoms with Crippen LogP contribution in [0.3, 0.4) is 0 Å². The van der Waals surface area contributed by atoms with E-state index in [4.69, 9.17) is 5.11 Å². The van der Waals surface area contributed by atoms with Gasteiger partial charge in [0.05, 0.1) is 17.1 Å². The van der Waals surface area contributed by atoms with Gasteiger partial charge >= 0.3 is 0 Å². The predicted molar refractivity (Wildman–Crippen MR) is 80.5 cm³/mol. The van der Waals surface area contributed by atoms with Crippen LogP contribution in [0.5, 0.6) is 0 Å². The van der Waals surface area contributed by atoms with Crippen molar-refractivity contribution in [3.05, 3.63) is 33.9 Å². The molecule has 7 heteroatoms. The van der Waals surface area contributed by atoms with Gasteiger partial charge in [-0.2, -0.15) is 0 Å². The van der Waals surface area contributed by atoms with E-state index in [0.29, 0.717) is 18.8 Å². The number of non-ortho nitro benzene ring substituents is 1. The minimum atomic E-state index is -0.525. The van der Waals surface area contributed by atoms with Crippen LogP contribution >= 0.6 is 0 Å². The number of anilines is 1. The lowest BCUT2D eigenvalue weighted by Gasteiger charge is -2.22. The summed E-state index contributed by atoms with van der Waals surface area (Å²) >= 11 is 0. The molecule has 0 spiro atoms. The molecule has 7 nitrogen and oxygen atoms in total. The van der Waals surface area contributed by atoms with Crippen LogP contribution in [-0.2, 0) is 0 Å². The Kier molecular flexibility index (Phi) is 6.61. The fourth-order valence-corrected chi connectivity index (χ4v) is 2.04. The molecule has 116 valence electrons. The maximum Gasteiger partial charge on any atom is 0.270 e. The second-order valence-electron chi connectivity index (χ2n) is 4.53. The van der Waals surface area contributed by atoms with Crippen LogP contribution in [0.2, 0.25) is 0 Å². The predicted octanol–water partition coefficient (Wildman–Crippen LogP) is 1.87. The number of aliphatic hydroxyl groups is 1. The van der Waals surface area contributed by atoms with E-state index >= 15 is 0 Å². The zero-order chi connectivity index (χ0) is 15.8. The fourth-order valence-electron chi connectivity index (χ4n) is 2.04. The second-order valence-corrected chi connectivity index (χ2v) is 4.53. The molecule has 2 N–H and O–H groups in total. The third-order valence-corrected chi connectivity index (χ3v) is 2.96. The summed E-state index contributed by atoms with van der Waals surface area (Å²) in [7, 11) is 0. The van der Waals surface area contributed by atoms with Gasteiger partial charge in [-0.15, -0.1) is 0 Å². The number of carbonyl (C=O) groups is 1. The molecular formula is C14H21N3O4. The van der Waals surface area contributed by atoms with Gasteiger partial charge in [-0.3, -0.25) is 14.9 Å². The van der Waals surface area contributed by atoms with Crippen molar-refractivity contribution in [2.75, 3.05) is 31.6 Å². The summed E-state index contributed by atoms with van der Waals surface area (Å²) in [6.45, 7) is 4.97. The zero-order valence-electron chi connectivity index (χ0n) is 12.3. The maximum absolute atomic E-state index is 12.5. The number of carbonyl (C=O) groups excluding carboxylic acids is 1. The largest absolute Gasteiger partial charge is 0.395 e. The Morgan fingerprint density at radius 1 is 1.38 bits per heavy atom. The molecule has 0 aliphatic heterocycles. The lowest BCUT2D eigenvalue weighted by molar-refractivity contribution is -0.384. The van der Waals surface area contributed by atoms with Crippen molar-refractivity contribution in [3.8, 4) is 0 Å². The van der Waals surface area contributed by atoms with E-state index in [1.54, 1.807) is 0 Å². The van der Waals surface area contributed by atoms with Crippen LogP contribution < -0.4 is 5.32 Å². The van der Waals surface area contributed by atoms with Crippen molar-refractivity contribution in [1.82, 2.24) is 4.90 Å². The summed E-state index contributed by atoms with van der Waals surface area (Å²) in [6, 6.07) is 4.18. The van der Waals surface area contributed by atoms with E-state index in [9.17, 15) is 14.9 Å². The average Bonchev–Trinajstić information content (AvgIpc) is 2.47. The molecule has 0 heterocycles. The molecule has 0 fully saturated rings. The number of amides is 1. The number of nitro benzene ring substituents is 1. The Morgan fingerprint density at radius 3 is 2.62 bits per heavy atom. The third kappa shape index (κ3) is 4.42. The monoisotopic (exact) mass is 295 g/mol. The van der Waals surface area contributed by atoms with Crippen molar-refractivity contribution in [1.29, 1.82) is 0 Å². The van der Waals surface area contributed by atoms with Crippen molar-refractivity contribution in [2.24, 2.45) is 0 Å². The number of aliphatic hydroxyl groups excluding tert-OH is 1. The molecule has 0 saturated heterocycles. The maximum atomic E-state index is 12.5. The van der Waals surface area contributed by atoms with Gasteiger partial charge in [-0.1, -0.05) is 6.92 Å². The molecule has 0 aromatic heterocycles. The first kappa shape index (κ1) is 16.9. The summed E-state index contributed by atoms with van der Waals surface area (Å²) < 4.78 is 0. The first-order chi connectivity index (χ1) is 10.0. The normalized spacial score (nSPS) is 10.2. The lowest BCUT2D eigenvalue weighted by Crippen LogP contribution is -2.34. The van der Waals surface area contributed by atoms with Crippen molar-refractivity contribution in [3.63, 3.8) is 0 Å². The molecule has 0 radical (unpaired) electrons. The highest BCUT2D eigenvalue weighted by Gasteiger charge is 2.21. The smallest absolute Gasteiger partial charge is 0.270 e. The number of hydrogen-bond acceptors (Lipinski definition) is 5. The van der Waals surface area contributed by atoms with E-state index in [0.717, 1.165) is 6.42 Å². The molecule has 21 heavy (non-hydrogen) atoms. The summed E-state index contributed by atoms with van der Waals surface area (Å²) in [6.07, 6.45) is 0.747. The SMILES string of the molecule is CCCN(CCO)C(=O)c1cc([N+](=O)[O-])ccc1NCC. The van der Waals surface area contributed by atoms with Crippen LogP contribution in [0.25, 0.3) is 0 Å². The van der Waals surface area contributed by atoms with Gasteiger partial charge in [-0.25, -0.2) is 0 Å². The average molecular weight is 295 g/mol. The van der Waals surface area contributed by atoms with Gasteiger partial charge in [0.1, 0.15) is 0 Å². The summed E-state index contributed by atoms with van der Waals surface area (Å²) in [5.41, 5.74) is 0.695. The molecule has 1 amide bonds. The van der Waals surface area contributed by atoms with E-state index in [2.05, 4.69) is 5.32 Å². The Balaban J connectivity index is 3.18. The Hall–Kier alpha value is -2.15. The van der Waals surface area contributed by atoms with Gasteiger partial charge in [0.25, 0.3) is 11.6 Å². The summed E-state index contributed by atoms with van der Waals surface area (Å²) in [5, 5.41) is 23.0. The van der Waals surface area contributed by atoms with Crippen LogP contribution in [0.1, 0.15) is 30.6 Å². The first-order valence-electron chi connectivity index (χ1n) is 6.97. The highest BCUT2D eigenvalue weighted by Crippen LogP contribution is 2.23. The quantitative estimate of drug-likeness (QED) is 0.564.